The van der Waals surface area contributed by atoms with Crippen LogP contribution in [-0.4, -0.2) is 28.9 Å². The molecule has 4 nitrogen and oxygen atoms in total. The maximum absolute atomic E-state index is 11.5. The van der Waals surface area contributed by atoms with E-state index < -0.39 is 0 Å². The summed E-state index contributed by atoms with van der Waals surface area (Å²) in [6.07, 6.45) is 1.49. The van der Waals surface area contributed by atoms with Gasteiger partial charge < -0.3 is 0 Å². The Morgan fingerprint density at radius 1 is 1.20 bits per heavy atom. The van der Waals surface area contributed by atoms with E-state index in [1.807, 2.05) is 13.8 Å². The van der Waals surface area contributed by atoms with Crippen LogP contribution in [0.25, 0.3) is 0 Å². The first-order chi connectivity index (χ1) is 7.04. The SMILES string of the molecule is C=C(C)N1C(=O)CCCC(=O)N1C.CC. The Bertz CT molecular complexity index is 261. The van der Waals surface area contributed by atoms with E-state index in [9.17, 15) is 9.59 Å². The molecule has 15 heavy (non-hydrogen) atoms. The van der Waals surface area contributed by atoms with Gasteiger partial charge in [0, 0.05) is 25.6 Å². The number of carbonyl (C=O) groups is 2. The molecule has 0 radical (unpaired) electrons. The van der Waals surface area contributed by atoms with Crippen LogP contribution in [0.4, 0.5) is 0 Å². The summed E-state index contributed by atoms with van der Waals surface area (Å²) >= 11 is 0. The van der Waals surface area contributed by atoms with E-state index in [0.717, 1.165) is 0 Å². The van der Waals surface area contributed by atoms with Gasteiger partial charge in [-0.25, -0.2) is 5.01 Å². The van der Waals surface area contributed by atoms with E-state index in [0.29, 0.717) is 25.0 Å². The topological polar surface area (TPSA) is 40.6 Å². The third-order valence-electron chi connectivity index (χ3n) is 2.04. The Hall–Kier alpha value is -1.32. The number of carbonyl (C=O) groups excluding carboxylic acids is 2. The van der Waals surface area contributed by atoms with Gasteiger partial charge in [0.25, 0.3) is 0 Å². The number of nitrogens with zero attached hydrogens (tertiary/aromatic N) is 2. The second-order valence-electron chi connectivity index (χ2n) is 3.21. The molecule has 1 aliphatic rings. The normalized spacial score (nSPS) is 16.8. The summed E-state index contributed by atoms with van der Waals surface area (Å²) in [6, 6.07) is 0. The zero-order valence-corrected chi connectivity index (χ0v) is 10.0. The molecule has 0 spiro atoms. The third-order valence-corrected chi connectivity index (χ3v) is 2.04. The fourth-order valence-electron chi connectivity index (χ4n) is 1.41. The fraction of sp³-hybridized carbons (Fsp3) is 0.636. The standard InChI is InChI=1S/C9H14N2O2.C2H6/c1-7(2)11-9(13)6-4-5-8(12)10(11)3;1-2/h1,4-6H2,2-3H3;1-2H3. The summed E-state index contributed by atoms with van der Waals surface area (Å²) in [6.45, 7) is 9.38. The highest BCUT2D eigenvalue weighted by atomic mass is 16.2. The van der Waals surface area contributed by atoms with Gasteiger partial charge in [0.05, 0.1) is 0 Å². The van der Waals surface area contributed by atoms with Crippen LogP contribution >= 0.6 is 0 Å². The number of hydrogen-bond acceptors (Lipinski definition) is 2. The predicted molar refractivity (Wildman–Crippen MR) is 59.6 cm³/mol. The van der Waals surface area contributed by atoms with Crippen LogP contribution in [0.2, 0.25) is 0 Å². The molecule has 0 atom stereocenters. The highest BCUT2D eigenvalue weighted by Crippen LogP contribution is 2.15. The van der Waals surface area contributed by atoms with Crippen molar-refractivity contribution in [3.05, 3.63) is 12.3 Å². The first-order valence-corrected chi connectivity index (χ1v) is 5.29. The lowest BCUT2D eigenvalue weighted by molar-refractivity contribution is -0.153. The fourth-order valence-corrected chi connectivity index (χ4v) is 1.41. The molecular formula is C11H20N2O2. The lowest BCUT2D eigenvalue weighted by atomic mass is 10.2. The Labute approximate surface area is 91.5 Å². The summed E-state index contributed by atoms with van der Waals surface area (Å²) < 4.78 is 0. The average Bonchev–Trinajstić information content (AvgIpc) is 2.31. The van der Waals surface area contributed by atoms with Crippen LogP contribution in [0.1, 0.15) is 40.0 Å². The van der Waals surface area contributed by atoms with Crippen molar-refractivity contribution in [1.29, 1.82) is 0 Å². The van der Waals surface area contributed by atoms with Gasteiger partial charge in [-0.3, -0.25) is 14.6 Å². The Kier molecular flexibility index (Phi) is 5.67. The molecular weight excluding hydrogens is 192 g/mol. The molecule has 0 aromatic heterocycles. The first kappa shape index (κ1) is 13.7. The molecule has 1 heterocycles. The lowest BCUT2D eigenvalue weighted by Gasteiger charge is -2.29. The van der Waals surface area contributed by atoms with E-state index in [4.69, 9.17) is 0 Å². The number of hydrazine groups is 1. The van der Waals surface area contributed by atoms with Crippen LogP contribution in [0, 0.1) is 0 Å². The highest BCUT2D eigenvalue weighted by molar-refractivity contribution is 5.85. The summed E-state index contributed by atoms with van der Waals surface area (Å²) in [5.41, 5.74) is 0.586. The van der Waals surface area contributed by atoms with Crippen molar-refractivity contribution in [1.82, 2.24) is 10.0 Å². The molecule has 86 valence electrons. The molecule has 0 N–H and O–H groups in total. The minimum Gasteiger partial charge on any atom is -0.273 e. The minimum absolute atomic E-state index is 0.0335. The summed E-state index contributed by atoms with van der Waals surface area (Å²) in [5.74, 6) is -0.0882. The van der Waals surface area contributed by atoms with E-state index in [1.54, 1.807) is 14.0 Å². The van der Waals surface area contributed by atoms with Crippen LogP contribution in [0.3, 0.4) is 0 Å². The minimum atomic E-state index is -0.0548. The molecule has 0 saturated carbocycles. The van der Waals surface area contributed by atoms with Gasteiger partial charge in [-0.15, -0.1) is 0 Å². The average molecular weight is 212 g/mol. The van der Waals surface area contributed by atoms with Crippen LogP contribution in [-0.2, 0) is 9.59 Å². The van der Waals surface area contributed by atoms with E-state index in [2.05, 4.69) is 6.58 Å². The highest BCUT2D eigenvalue weighted by Gasteiger charge is 2.26. The Morgan fingerprint density at radius 2 is 1.67 bits per heavy atom. The monoisotopic (exact) mass is 212 g/mol. The first-order valence-electron chi connectivity index (χ1n) is 5.29. The number of amides is 2. The predicted octanol–water partition coefficient (Wildman–Crippen LogP) is 1.93. The van der Waals surface area contributed by atoms with Gasteiger partial charge in [-0.1, -0.05) is 20.4 Å². The molecule has 2 amide bonds. The van der Waals surface area contributed by atoms with Crippen LogP contribution < -0.4 is 0 Å². The molecule has 0 unspecified atom stereocenters. The van der Waals surface area contributed by atoms with E-state index in [1.165, 1.54) is 10.0 Å². The molecule has 0 aliphatic carbocycles. The van der Waals surface area contributed by atoms with Crippen molar-refractivity contribution < 1.29 is 9.59 Å². The second-order valence-corrected chi connectivity index (χ2v) is 3.21. The van der Waals surface area contributed by atoms with Gasteiger partial charge in [0.1, 0.15) is 0 Å². The third kappa shape index (κ3) is 3.38. The molecule has 1 fully saturated rings. The Morgan fingerprint density at radius 3 is 2.13 bits per heavy atom. The van der Waals surface area contributed by atoms with Crippen molar-refractivity contribution in [2.75, 3.05) is 7.05 Å². The van der Waals surface area contributed by atoms with Crippen LogP contribution in [0.15, 0.2) is 12.3 Å². The quantitative estimate of drug-likeness (QED) is 0.666. The Balaban J connectivity index is 0.000000921. The van der Waals surface area contributed by atoms with Gasteiger partial charge in [-0.05, 0) is 13.3 Å². The lowest BCUT2D eigenvalue weighted by Crippen LogP contribution is -2.43. The smallest absolute Gasteiger partial charge is 0.245 e. The van der Waals surface area contributed by atoms with Crippen molar-refractivity contribution >= 4 is 11.8 Å². The zero-order valence-electron chi connectivity index (χ0n) is 10.0. The summed E-state index contributed by atoms with van der Waals surface area (Å²) in [4.78, 5) is 22.8. The molecule has 1 aliphatic heterocycles. The maximum Gasteiger partial charge on any atom is 0.245 e. The van der Waals surface area contributed by atoms with Crippen molar-refractivity contribution in [2.24, 2.45) is 0 Å². The van der Waals surface area contributed by atoms with E-state index >= 15 is 0 Å². The zero-order chi connectivity index (χ0) is 12.0. The van der Waals surface area contributed by atoms with Crippen molar-refractivity contribution in [3.8, 4) is 0 Å². The molecule has 0 bridgehead atoms. The van der Waals surface area contributed by atoms with Crippen molar-refractivity contribution in [2.45, 2.75) is 40.0 Å². The molecule has 0 aromatic carbocycles. The van der Waals surface area contributed by atoms with Crippen molar-refractivity contribution in [3.63, 3.8) is 0 Å². The van der Waals surface area contributed by atoms with Gasteiger partial charge in [-0.2, -0.15) is 0 Å². The van der Waals surface area contributed by atoms with Gasteiger partial charge >= 0.3 is 0 Å². The summed E-state index contributed by atoms with van der Waals surface area (Å²) in [5, 5.41) is 2.69. The van der Waals surface area contributed by atoms with E-state index in [-0.39, 0.29) is 11.8 Å². The number of rotatable bonds is 1. The number of hydrogen-bond donors (Lipinski definition) is 0. The molecule has 0 aromatic rings. The summed E-state index contributed by atoms with van der Waals surface area (Å²) in [7, 11) is 1.60. The van der Waals surface area contributed by atoms with Gasteiger partial charge in [0.2, 0.25) is 11.8 Å². The number of allylic oxidation sites excluding steroid dienone is 1. The van der Waals surface area contributed by atoms with Gasteiger partial charge in [0.15, 0.2) is 0 Å². The molecule has 4 heteroatoms. The molecule has 1 rings (SSSR count). The molecule has 1 saturated heterocycles. The maximum atomic E-state index is 11.5. The van der Waals surface area contributed by atoms with Crippen LogP contribution in [0.5, 0.6) is 0 Å². The largest absolute Gasteiger partial charge is 0.273 e. The second kappa shape index (κ2) is 6.22.